The molecule has 7 heteroatoms. The van der Waals surface area contributed by atoms with Crippen molar-refractivity contribution < 1.29 is 4.74 Å². The zero-order valence-corrected chi connectivity index (χ0v) is 18.7. The van der Waals surface area contributed by atoms with Crippen molar-refractivity contribution in [3.63, 3.8) is 0 Å². The van der Waals surface area contributed by atoms with Gasteiger partial charge in [-0.25, -0.2) is 4.98 Å². The van der Waals surface area contributed by atoms with Crippen LogP contribution in [0, 0.1) is 0 Å². The van der Waals surface area contributed by atoms with Gasteiger partial charge >= 0.3 is 0 Å². The van der Waals surface area contributed by atoms with E-state index in [0.29, 0.717) is 28.7 Å². The summed E-state index contributed by atoms with van der Waals surface area (Å²) in [4.78, 5) is 4.86. The van der Waals surface area contributed by atoms with Crippen molar-refractivity contribution in [3.8, 4) is 0 Å². The third-order valence-corrected chi connectivity index (χ3v) is 6.35. The topological polar surface area (TPSA) is 51.1 Å². The number of piperidine rings is 1. The van der Waals surface area contributed by atoms with Crippen LogP contribution >= 0.6 is 23.2 Å². The van der Waals surface area contributed by atoms with Gasteiger partial charge in [0, 0.05) is 25.2 Å². The Morgan fingerprint density at radius 3 is 2.90 bits per heavy atom. The molecule has 0 aliphatic carbocycles. The van der Waals surface area contributed by atoms with Crippen LogP contribution in [0.2, 0.25) is 10.0 Å². The second-order valence-electron chi connectivity index (χ2n) is 7.74. The highest BCUT2D eigenvalue weighted by Gasteiger charge is 2.23. The Kier molecular flexibility index (Phi) is 7.16. The van der Waals surface area contributed by atoms with Crippen molar-refractivity contribution in [2.45, 2.75) is 44.8 Å². The summed E-state index contributed by atoms with van der Waals surface area (Å²) in [6, 6.07) is 14.9. The smallest absolute Gasteiger partial charge is 0.204 e. The van der Waals surface area contributed by atoms with Crippen LogP contribution in [0.4, 0.5) is 5.95 Å². The number of rotatable bonds is 8. The Morgan fingerprint density at radius 1 is 1.20 bits per heavy atom. The number of hydrogen-bond donors (Lipinski definition) is 2. The molecule has 5 nitrogen and oxygen atoms in total. The highest BCUT2D eigenvalue weighted by molar-refractivity contribution is 6.42. The number of hydrogen-bond acceptors (Lipinski definition) is 4. The monoisotopic (exact) mass is 446 g/mol. The lowest BCUT2D eigenvalue weighted by atomic mass is 9.94. The molecular formula is C23H28Cl2N4O. The molecule has 0 unspecified atom stereocenters. The maximum absolute atomic E-state index is 6.19. The Balaban J connectivity index is 1.46. The summed E-state index contributed by atoms with van der Waals surface area (Å²) in [5.41, 5.74) is 3.35. The van der Waals surface area contributed by atoms with Gasteiger partial charge < -0.3 is 19.9 Å². The molecule has 1 saturated heterocycles. The van der Waals surface area contributed by atoms with E-state index in [4.69, 9.17) is 32.9 Å². The van der Waals surface area contributed by atoms with Crippen LogP contribution in [0.1, 0.15) is 25.3 Å². The molecule has 0 bridgehead atoms. The molecule has 1 fully saturated rings. The second-order valence-corrected chi connectivity index (χ2v) is 8.56. The first kappa shape index (κ1) is 21.4. The van der Waals surface area contributed by atoms with Gasteiger partial charge in [-0.1, -0.05) is 41.4 Å². The predicted octanol–water partition coefficient (Wildman–Crippen LogP) is 5.15. The summed E-state index contributed by atoms with van der Waals surface area (Å²) in [5.74, 6) is 0.927. The van der Waals surface area contributed by atoms with Crippen LogP contribution in [0.15, 0.2) is 42.5 Å². The van der Waals surface area contributed by atoms with Gasteiger partial charge in [-0.2, -0.15) is 0 Å². The number of aromatic nitrogens is 2. The van der Waals surface area contributed by atoms with E-state index < -0.39 is 0 Å². The number of nitrogens with zero attached hydrogens (tertiary/aromatic N) is 2. The molecule has 1 aromatic heterocycles. The Hall–Kier alpha value is -1.79. The molecule has 0 amide bonds. The van der Waals surface area contributed by atoms with E-state index in [0.717, 1.165) is 55.9 Å². The number of nitrogens with one attached hydrogen (secondary N) is 2. The van der Waals surface area contributed by atoms with Gasteiger partial charge in [0.05, 0.1) is 27.7 Å². The Morgan fingerprint density at radius 2 is 2.07 bits per heavy atom. The number of benzene rings is 2. The maximum Gasteiger partial charge on any atom is 0.204 e. The van der Waals surface area contributed by atoms with E-state index in [9.17, 15) is 0 Å². The van der Waals surface area contributed by atoms with Gasteiger partial charge in [-0.15, -0.1) is 0 Å². The molecule has 2 N–H and O–H groups in total. The summed E-state index contributed by atoms with van der Waals surface area (Å²) >= 11 is 12.2. The van der Waals surface area contributed by atoms with E-state index >= 15 is 0 Å². The molecule has 0 spiro atoms. The normalized spacial score (nSPS) is 19.3. The van der Waals surface area contributed by atoms with Gasteiger partial charge in [-0.3, -0.25) is 0 Å². The van der Waals surface area contributed by atoms with E-state index in [2.05, 4.69) is 39.5 Å². The quantitative estimate of drug-likeness (QED) is 0.469. The Bertz CT molecular complexity index is 990. The van der Waals surface area contributed by atoms with Crippen molar-refractivity contribution in [3.05, 3.63) is 58.1 Å². The molecule has 2 heterocycles. The van der Waals surface area contributed by atoms with E-state index in [1.807, 2.05) is 25.1 Å². The molecule has 1 aliphatic heterocycles. The summed E-state index contributed by atoms with van der Waals surface area (Å²) in [5, 5.41) is 8.56. The average Bonchev–Trinajstić information content (AvgIpc) is 3.08. The largest absolute Gasteiger partial charge is 0.380 e. The number of halogens is 2. The highest BCUT2D eigenvalue weighted by atomic mass is 35.5. The minimum atomic E-state index is 0.363. The lowest BCUT2D eigenvalue weighted by Gasteiger charge is -2.31. The summed E-state index contributed by atoms with van der Waals surface area (Å²) < 4.78 is 7.83. The Labute approximate surface area is 187 Å². The minimum absolute atomic E-state index is 0.363. The summed E-state index contributed by atoms with van der Waals surface area (Å²) in [6.07, 6.45) is 3.01. The van der Waals surface area contributed by atoms with E-state index in [1.54, 1.807) is 0 Å². The molecule has 2 atom stereocenters. The van der Waals surface area contributed by atoms with E-state index in [1.165, 1.54) is 5.56 Å². The lowest BCUT2D eigenvalue weighted by molar-refractivity contribution is 0.140. The number of ether oxygens (including phenoxy) is 1. The second kappa shape index (κ2) is 10.0. The third-order valence-electron chi connectivity index (χ3n) is 5.61. The van der Waals surface area contributed by atoms with Crippen molar-refractivity contribution in [2.75, 3.05) is 25.1 Å². The first-order valence-electron chi connectivity index (χ1n) is 10.6. The van der Waals surface area contributed by atoms with Crippen molar-refractivity contribution in [1.82, 2.24) is 14.9 Å². The first-order valence-corrected chi connectivity index (χ1v) is 11.4. The molecule has 0 radical (unpaired) electrons. The molecule has 1 aliphatic rings. The molecule has 2 aromatic carbocycles. The first-order chi connectivity index (χ1) is 14.6. The summed E-state index contributed by atoms with van der Waals surface area (Å²) in [7, 11) is 0. The van der Waals surface area contributed by atoms with Gasteiger partial charge in [0.1, 0.15) is 0 Å². The lowest BCUT2D eigenvalue weighted by Crippen LogP contribution is -2.44. The predicted molar refractivity (Wildman–Crippen MR) is 125 cm³/mol. The minimum Gasteiger partial charge on any atom is -0.380 e. The molecule has 4 rings (SSSR count). The van der Waals surface area contributed by atoms with Gasteiger partial charge in [0.2, 0.25) is 5.95 Å². The maximum atomic E-state index is 6.19. The highest BCUT2D eigenvalue weighted by Crippen LogP contribution is 2.26. The zero-order chi connectivity index (χ0) is 20.9. The standard InChI is InChI=1S/C23H28Cl2N4O/c1-2-30-12-11-29-22-6-4-3-5-21(22)28-23(29)27-17-9-10-26-18(15-17)13-16-7-8-19(24)20(25)14-16/h3-8,14,17-18,26H,2,9-13,15H2,1H3,(H,27,28)/t17-,18+/m1/s1. The van der Waals surface area contributed by atoms with Crippen LogP contribution in [0.5, 0.6) is 0 Å². The van der Waals surface area contributed by atoms with E-state index in [-0.39, 0.29) is 0 Å². The molecule has 3 aromatic rings. The van der Waals surface area contributed by atoms with Crippen LogP contribution in [-0.2, 0) is 17.7 Å². The SMILES string of the molecule is CCOCCn1c(N[C@@H]2CCN[C@@H](Cc3ccc(Cl)c(Cl)c3)C2)nc2ccccc21. The fraction of sp³-hybridized carbons (Fsp3) is 0.435. The van der Waals surface area contributed by atoms with Crippen molar-refractivity contribution in [2.24, 2.45) is 0 Å². The van der Waals surface area contributed by atoms with Crippen LogP contribution in [0.3, 0.4) is 0 Å². The fourth-order valence-electron chi connectivity index (χ4n) is 4.14. The zero-order valence-electron chi connectivity index (χ0n) is 17.2. The van der Waals surface area contributed by atoms with Crippen LogP contribution in [0.25, 0.3) is 11.0 Å². The third kappa shape index (κ3) is 5.09. The fourth-order valence-corrected chi connectivity index (χ4v) is 4.46. The number of anilines is 1. The molecule has 30 heavy (non-hydrogen) atoms. The van der Waals surface area contributed by atoms with Crippen molar-refractivity contribution >= 4 is 40.2 Å². The van der Waals surface area contributed by atoms with Crippen LogP contribution in [-0.4, -0.2) is 41.4 Å². The molecular weight excluding hydrogens is 419 g/mol. The number of para-hydroxylation sites is 2. The number of imidazole rings is 1. The van der Waals surface area contributed by atoms with Crippen molar-refractivity contribution in [1.29, 1.82) is 0 Å². The van der Waals surface area contributed by atoms with Gasteiger partial charge in [0.15, 0.2) is 0 Å². The molecule has 160 valence electrons. The average molecular weight is 447 g/mol. The summed E-state index contributed by atoms with van der Waals surface area (Å²) in [6.45, 7) is 5.18. The molecule has 0 saturated carbocycles. The van der Waals surface area contributed by atoms with Gasteiger partial charge in [0.25, 0.3) is 0 Å². The number of fused-ring (bicyclic) bond motifs is 1. The van der Waals surface area contributed by atoms with Crippen LogP contribution < -0.4 is 10.6 Å². The van der Waals surface area contributed by atoms with Gasteiger partial charge in [-0.05, 0) is 62.6 Å².